The largest absolute Gasteiger partial charge is 0.507 e. The summed E-state index contributed by atoms with van der Waals surface area (Å²) in [7, 11) is 2.88. The minimum atomic E-state index is -0.904. The van der Waals surface area contributed by atoms with Gasteiger partial charge >= 0.3 is 23.9 Å². The zero-order chi connectivity index (χ0) is 33.1. The number of phenols is 1. The molecule has 1 saturated heterocycles. The van der Waals surface area contributed by atoms with Crippen LogP contribution in [0.25, 0.3) is 0 Å². The third kappa shape index (κ3) is 8.88. The van der Waals surface area contributed by atoms with Crippen molar-refractivity contribution in [3.63, 3.8) is 0 Å². The molecule has 242 valence electrons. The number of piperidine rings is 1. The molecule has 0 aliphatic carbocycles. The normalized spacial score (nSPS) is 16.3. The van der Waals surface area contributed by atoms with Crippen LogP contribution in [0, 0.1) is 0 Å². The zero-order valence-corrected chi connectivity index (χ0v) is 26.6. The molecule has 3 aromatic rings. The monoisotopic (exact) mass is 669 g/mol. The van der Waals surface area contributed by atoms with Gasteiger partial charge in [0.1, 0.15) is 28.7 Å². The Morgan fingerprint density at radius 2 is 1.65 bits per heavy atom. The van der Waals surface area contributed by atoms with Crippen LogP contribution in [0.2, 0.25) is 5.02 Å². The number of ether oxygens (including phenoxy) is 5. The number of para-hydroxylation sites is 2. The van der Waals surface area contributed by atoms with Crippen molar-refractivity contribution in [1.29, 1.82) is 0 Å². The van der Waals surface area contributed by atoms with Crippen LogP contribution in [-0.4, -0.2) is 79.2 Å². The van der Waals surface area contributed by atoms with Crippen molar-refractivity contribution in [2.24, 2.45) is 0 Å². The lowest BCUT2D eigenvalue weighted by Crippen LogP contribution is -2.43. The number of nitrogens with zero attached hydrogens (tertiary/aromatic N) is 1. The molecule has 3 aromatic carbocycles. The summed E-state index contributed by atoms with van der Waals surface area (Å²) in [6, 6.07) is 17.9. The van der Waals surface area contributed by atoms with Gasteiger partial charge in [0.15, 0.2) is 0 Å². The summed E-state index contributed by atoms with van der Waals surface area (Å²) in [4.78, 5) is 53.0. The van der Waals surface area contributed by atoms with Gasteiger partial charge in [0.05, 0.1) is 13.0 Å². The maximum atomic E-state index is 12.9. The van der Waals surface area contributed by atoms with Gasteiger partial charge in [-0.2, -0.15) is 0 Å². The highest BCUT2D eigenvalue weighted by molar-refractivity contribution is 7.99. The van der Waals surface area contributed by atoms with E-state index in [1.54, 1.807) is 55.6 Å². The molecular formula is C33H32ClNO10S. The van der Waals surface area contributed by atoms with Gasteiger partial charge in [0, 0.05) is 36.5 Å². The fourth-order valence-electron chi connectivity index (χ4n) is 4.80. The van der Waals surface area contributed by atoms with Crippen molar-refractivity contribution in [2.45, 2.75) is 17.7 Å². The van der Waals surface area contributed by atoms with Crippen molar-refractivity contribution in [1.82, 2.24) is 4.90 Å². The standard InChI is InChI=1S/C33H32ClNO10S/c1-41-20-46-28-15-16-35(30(33(40)42-2)22-9-3-6-12-25(22)34)18-21(28)17-29(37)43-19-44-31(38)24-11-5-8-14-27(24)45-32(39)23-10-4-7-13-26(23)36/h3-14,17,28,30,36H,15-16,18-20H2,1-2H3/b21-17-/t28?,30-/m0/s1. The van der Waals surface area contributed by atoms with Gasteiger partial charge in [-0.05, 0) is 47.9 Å². The van der Waals surface area contributed by atoms with E-state index in [0.29, 0.717) is 35.1 Å². The Morgan fingerprint density at radius 3 is 2.37 bits per heavy atom. The van der Waals surface area contributed by atoms with Gasteiger partial charge < -0.3 is 28.8 Å². The summed E-state index contributed by atoms with van der Waals surface area (Å²) in [5.41, 5.74) is 1.08. The number of hydrogen-bond donors (Lipinski definition) is 1. The summed E-state index contributed by atoms with van der Waals surface area (Å²) in [6.07, 6.45) is 1.91. The minimum Gasteiger partial charge on any atom is -0.507 e. The average Bonchev–Trinajstić information content (AvgIpc) is 3.05. The van der Waals surface area contributed by atoms with Crippen LogP contribution in [0.15, 0.2) is 84.4 Å². The number of likely N-dealkylation sites (tertiary alicyclic amines) is 1. The summed E-state index contributed by atoms with van der Waals surface area (Å²) in [5.74, 6) is -3.03. The molecule has 0 spiro atoms. The first-order chi connectivity index (χ1) is 22.2. The summed E-state index contributed by atoms with van der Waals surface area (Å²) < 4.78 is 26.0. The predicted octanol–water partition coefficient (Wildman–Crippen LogP) is 5.17. The second-order valence-electron chi connectivity index (χ2n) is 9.90. The second-order valence-corrected chi connectivity index (χ2v) is 11.4. The molecule has 11 nitrogen and oxygen atoms in total. The molecule has 1 heterocycles. The van der Waals surface area contributed by atoms with E-state index in [-0.39, 0.29) is 34.4 Å². The maximum absolute atomic E-state index is 12.9. The van der Waals surface area contributed by atoms with Crippen molar-refractivity contribution in [3.05, 3.63) is 106 Å². The van der Waals surface area contributed by atoms with Crippen LogP contribution in [0.5, 0.6) is 11.5 Å². The van der Waals surface area contributed by atoms with Crippen LogP contribution >= 0.6 is 23.4 Å². The van der Waals surface area contributed by atoms with Gasteiger partial charge in [0.25, 0.3) is 0 Å². The molecule has 1 N–H and O–H groups in total. The van der Waals surface area contributed by atoms with Gasteiger partial charge in [-0.3, -0.25) is 4.90 Å². The molecule has 0 amide bonds. The Labute approximate surface area is 275 Å². The van der Waals surface area contributed by atoms with E-state index in [0.717, 1.165) is 0 Å². The molecule has 1 unspecified atom stereocenters. The first-order valence-corrected chi connectivity index (χ1v) is 15.5. The molecule has 2 atom stereocenters. The van der Waals surface area contributed by atoms with Crippen LogP contribution in [0.4, 0.5) is 0 Å². The van der Waals surface area contributed by atoms with E-state index >= 15 is 0 Å². The second kappa shape index (κ2) is 16.8. The summed E-state index contributed by atoms with van der Waals surface area (Å²) in [5, 5.41) is 10.2. The molecule has 46 heavy (non-hydrogen) atoms. The molecule has 0 saturated carbocycles. The number of benzene rings is 3. The highest BCUT2D eigenvalue weighted by Gasteiger charge is 2.35. The Bertz CT molecular complexity index is 1600. The van der Waals surface area contributed by atoms with E-state index in [2.05, 4.69) is 0 Å². The molecule has 1 aliphatic heterocycles. The smallest absolute Gasteiger partial charge is 0.347 e. The molecular weight excluding hydrogens is 638 g/mol. The van der Waals surface area contributed by atoms with Gasteiger partial charge in [-0.15, -0.1) is 11.8 Å². The number of thioether (sulfide) groups is 1. The Kier molecular flexibility index (Phi) is 12.6. The number of phenolic OH excluding ortho intramolecular Hbond substituents is 1. The zero-order valence-electron chi connectivity index (χ0n) is 25.1. The topological polar surface area (TPSA) is 138 Å². The molecule has 0 aromatic heterocycles. The van der Waals surface area contributed by atoms with E-state index in [4.69, 9.17) is 35.3 Å². The van der Waals surface area contributed by atoms with E-state index < -0.39 is 36.7 Å². The lowest BCUT2D eigenvalue weighted by atomic mass is 9.98. The van der Waals surface area contributed by atoms with Crippen molar-refractivity contribution in [3.8, 4) is 11.5 Å². The number of rotatable bonds is 12. The number of esters is 4. The molecule has 1 aliphatic rings. The van der Waals surface area contributed by atoms with E-state index in [1.807, 2.05) is 4.90 Å². The predicted molar refractivity (Wildman–Crippen MR) is 170 cm³/mol. The lowest BCUT2D eigenvalue weighted by Gasteiger charge is -2.38. The first-order valence-electron chi connectivity index (χ1n) is 14.0. The number of methoxy groups -OCH3 is 2. The highest BCUT2D eigenvalue weighted by atomic mass is 35.5. The fraction of sp³-hybridized carbons (Fsp3) is 0.273. The number of aromatic hydroxyl groups is 1. The lowest BCUT2D eigenvalue weighted by molar-refractivity contribution is -0.147. The summed E-state index contributed by atoms with van der Waals surface area (Å²) >= 11 is 7.93. The van der Waals surface area contributed by atoms with Crippen molar-refractivity contribution < 1.29 is 48.0 Å². The molecule has 1 fully saturated rings. The number of carbonyl (C=O) groups is 4. The third-order valence-electron chi connectivity index (χ3n) is 6.98. The van der Waals surface area contributed by atoms with E-state index in [1.165, 1.54) is 49.2 Å². The maximum Gasteiger partial charge on any atom is 0.347 e. The van der Waals surface area contributed by atoms with Crippen molar-refractivity contribution >= 4 is 47.2 Å². The Hall–Kier alpha value is -4.36. The molecule has 13 heteroatoms. The summed E-state index contributed by atoms with van der Waals surface area (Å²) in [6.45, 7) is 0.0361. The van der Waals surface area contributed by atoms with E-state index in [9.17, 15) is 24.3 Å². The molecule has 0 bridgehead atoms. The van der Waals surface area contributed by atoms with Crippen LogP contribution < -0.4 is 4.74 Å². The van der Waals surface area contributed by atoms with Gasteiger partial charge in [0.2, 0.25) is 6.79 Å². The number of carbonyl (C=O) groups excluding carboxylic acids is 4. The molecule has 4 rings (SSSR count). The number of halogens is 1. The molecule has 0 radical (unpaired) electrons. The average molecular weight is 670 g/mol. The van der Waals surface area contributed by atoms with Crippen LogP contribution in [-0.2, 0) is 28.5 Å². The van der Waals surface area contributed by atoms with Gasteiger partial charge in [-0.1, -0.05) is 54.1 Å². The Morgan fingerprint density at radius 1 is 0.957 bits per heavy atom. The third-order valence-corrected chi connectivity index (χ3v) is 8.64. The SMILES string of the molecule is COCSC1CCN([C@H](C(=O)OC)c2ccccc2Cl)C/C1=C/C(=O)OCOC(=O)c1ccccc1OC(=O)c1ccccc1O. The van der Waals surface area contributed by atoms with Crippen LogP contribution in [0.3, 0.4) is 0 Å². The van der Waals surface area contributed by atoms with Crippen LogP contribution in [0.1, 0.15) is 38.7 Å². The quantitative estimate of drug-likeness (QED) is 0.118. The first kappa shape index (κ1) is 34.5. The van der Waals surface area contributed by atoms with Gasteiger partial charge in [-0.25, -0.2) is 19.2 Å². The Balaban J connectivity index is 1.43. The minimum absolute atomic E-state index is 0.0827. The fourth-order valence-corrected chi connectivity index (χ4v) is 5.97. The highest BCUT2D eigenvalue weighted by Crippen LogP contribution is 2.35. The number of hydrogen-bond acceptors (Lipinski definition) is 12. The van der Waals surface area contributed by atoms with Crippen molar-refractivity contribution in [2.75, 3.05) is 40.0 Å².